The molecule has 0 aromatic heterocycles. The lowest BCUT2D eigenvalue weighted by Crippen LogP contribution is -2.42. The van der Waals surface area contributed by atoms with Crippen molar-refractivity contribution in [3.63, 3.8) is 0 Å². The molecule has 1 saturated heterocycles. The molecule has 3 rings (SSSR count). The number of para-hydroxylation sites is 1. The minimum Gasteiger partial charge on any atom is -0.461 e. The summed E-state index contributed by atoms with van der Waals surface area (Å²) < 4.78 is 5.47. The van der Waals surface area contributed by atoms with Crippen LogP contribution in [0.4, 0.5) is 10.5 Å². The molecule has 5 nitrogen and oxygen atoms in total. The molecule has 27 heavy (non-hydrogen) atoms. The Hall–Kier alpha value is -2.47. The molecule has 1 aliphatic heterocycles. The van der Waals surface area contributed by atoms with Gasteiger partial charge in [0.25, 0.3) is 0 Å². The van der Waals surface area contributed by atoms with Crippen LogP contribution in [0.15, 0.2) is 59.5 Å². The van der Waals surface area contributed by atoms with Crippen LogP contribution in [0.1, 0.15) is 18.4 Å². The number of nitrogens with zero attached hydrogens (tertiary/aromatic N) is 1. The van der Waals surface area contributed by atoms with Crippen molar-refractivity contribution in [3.05, 3.63) is 60.2 Å². The van der Waals surface area contributed by atoms with Crippen molar-refractivity contribution in [3.8, 4) is 0 Å². The van der Waals surface area contributed by atoms with Gasteiger partial charge in [-0.2, -0.15) is 0 Å². The molecule has 0 saturated carbocycles. The van der Waals surface area contributed by atoms with E-state index in [0.717, 1.165) is 11.3 Å². The average molecular weight is 385 g/mol. The number of carbonyl (C=O) groups excluding carboxylic acids is 2. The van der Waals surface area contributed by atoms with Crippen molar-refractivity contribution in [1.82, 2.24) is 4.90 Å². The van der Waals surface area contributed by atoms with E-state index in [-0.39, 0.29) is 17.9 Å². The number of thioether (sulfide) groups is 1. The molecule has 0 atom stereocenters. The second-order valence-corrected chi connectivity index (χ2v) is 7.39. The van der Waals surface area contributed by atoms with Crippen LogP contribution in [-0.4, -0.2) is 36.2 Å². The molecular weight excluding hydrogens is 360 g/mol. The van der Waals surface area contributed by atoms with Crippen molar-refractivity contribution >= 4 is 29.4 Å². The highest BCUT2D eigenvalue weighted by molar-refractivity contribution is 7.98. The molecule has 0 radical (unpaired) electrons. The van der Waals surface area contributed by atoms with Crippen LogP contribution in [0.3, 0.4) is 0 Å². The topological polar surface area (TPSA) is 58.6 Å². The molecule has 2 aromatic rings. The van der Waals surface area contributed by atoms with Gasteiger partial charge in [-0.1, -0.05) is 30.3 Å². The Bertz CT molecular complexity index is 757. The van der Waals surface area contributed by atoms with E-state index in [2.05, 4.69) is 5.32 Å². The first-order chi connectivity index (χ1) is 13.2. The van der Waals surface area contributed by atoms with Gasteiger partial charge in [0.2, 0.25) is 0 Å². The number of esters is 1. The summed E-state index contributed by atoms with van der Waals surface area (Å²) in [5, 5.41) is 2.88. The Labute approximate surface area is 164 Å². The summed E-state index contributed by atoms with van der Waals surface area (Å²) in [6, 6.07) is 17.3. The first-order valence-corrected chi connectivity index (χ1v) is 10.3. The number of urea groups is 1. The number of benzene rings is 2. The molecule has 0 spiro atoms. The number of amides is 2. The quantitative estimate of drug-likeness (QED) is 0.613. The molecule has 1 aliphatic rings. The fraction of sp³-hybridized carbons (Fsp3) is 0.333. The molecule has 2 aromatic carbocycles. The minimum atomic E-state index is -0.174. The zero-order valence-electron chi connectivity index (χ0n) is 15.4. The van der Waals surface area contributed by atoms with Crippen molar-refractivity contribution < 1.29 is 14.3 Å². The molecule has 1 heterocycles. The van der Waals surface area contributed by atoms with E-state index < -0.39 is 0 Å². The van der Waals surface area contributed by atoms with Crippen molar-refractivity contribution in [2.45, 2.75) is 24.3 Å². The summed E-state index contributed by atoms with van der Waals surface area (Å²) in [4.78, 5) is 27.6. The lowest BCUT2D eigenvalue weighted by molar-refractivity contribution is -0.151. The highest BCUT2D eigenvalue weighted by Crippen LogP contribution is 2.21. The predicted molar refractivity (Wildman–Crippen MR) is 108 cm³/mol. The maximum absolute atomic E-state index is 12.3. The standard InChI is InChI=1S/C21H24N2O3S/c1-27-19-9-7-16(8-10-19)15-26-20(24)17-11-13-23(14-12-17)21(25)22-18-5-3-2-4-6-18/h2-10,17H,11-15H2,1H3,(H,22,25). The second kappa shape index (κ2) is 9.46. The van der Waals surface area contributed by atoms with Gasteiger partial charge in [0.05, 0.1) is 5.92 Å². The smallest absolute Gasteiger partial charge is 0.321 e. The number of likely N-dealkylation sites (tertiary alicyclic amines) is 1. The van der Waals surface area contributed by atoms with Gasteiger partial charge in [-0.3, -0.25) is 4.79 Å². The van der Waals surface area contributed by atoms with E-state index in [4.69, 9.17) is 4.74 Å². The Balaban J connectivity index is 1.42. The van der Waals surface area contributed by atoms with Gasteiger partial charge in [0.15, 0.2) is 0 Å². The van der Waals surface area contributed by atoms with E-state index in [1.807, 2.05) is 60.9 Å². The number of rotatable bonds is 5. The van der Waals surface area contributed by atoms with Crippen LogP contribution in [0, 0.1) is 5.92 Å². The Morgan fingerprint density at radius 1 is 1.07 bits per heavy atom. The van der Waals surface area contributed by atoms with Crippen LogP contribution in [0.5, 0.6) is 0 Å². The van der Waals surface area contributed by atoms with E-state index >= 15 is 0 Å². The third kappa shape index (κ3) is 5.50. The first-order valence-electron chi connectivity index (χ1n) is 9.06. The lowest BCUT2D eigenvalue weighted by atomic mass is 9.97. The molecule has 1 N–H and O–H groups in total. The number of hydrogen-bond donors (Lipinski definition) is 1. The molecule has 0 aliphatic carbocycles. The normalized spacial score (nSPS) is 14.6. The van der Waals surface area contributed by atoms with Crippen LogP contribution >= 0.6 is 11.8 Å². The third-order valence-corrected chi connectivity index (χ3v) is 5.42. The van der Waals surface area contributed by atoms with Gasteiger partial charge in [-0.15, -0.1) is 11.8 Å². The Kier molecular flexibility index (Phi) is 6.76. The molecule has 1 fully saturated rings. The maximum Gasteiger partial charge on any atom is 0.321 e. The summed E-state index contributed by atoms with van der Waals surface area (Å²) in [5.41, 5.74) is 1.76. The van der Waals surface area contributed by atoms with Crippen molar-refractivity contribution in [2.24, 2.45) is 5.92 Å². The van der Waals surface area contributed by atoms with E-state index in [1.165, 1.54) is 4.90 Å². The number of anilines is 1. The summed E-state index contributed by atoms with van der Waals surface area (Å²) >= 11 is 1.68. The maximum atomic E-state index is 12.3. The predicted octanol–water partition coefficient (Wildman–Crippen LogP) is 4.40. The second-order valence-electron chi connectivity index (χ2n) is 6.51. The van der Waals surface area contributed by atoms with E-state index in [9.17, 15) is 9.59 Å². The summed E-state index contributed by atoms with van der Waals surface area (Å²) in [7, 11) is 0. The molecule has 0 unspecified atom stereocenters. The van der Waals surface area contributed by atoms with Crippen LogP contribution < -0.4 is 5.32 Å². The van der Waals surface area contributed by atoms with Crippen LogP contribution in [-0.2, 0) is 16.1 Å². The van der Waals surface area contributed by atoms with Crippen LogP contribution in [0.2, 0.25) is 0 Å². The van der Waals surface area contributed by atoms with E-state index in [0.29, 0.717) is 32.5 Å². The van der Waals surface area contributed by atoms with Gasteiger partial charge < -0.3 is 15.0 Å². The van der Waals surface area contributed by atoms with Gasteiger partial charge >= 0.3 is 12.0 Å². The SMILES string of the molecule is CSc1ccc(COC(=O)C2CCN(C(=O)Nc3ccccc3)CC2)cc1. The Morgan fingerprint density at radius 3 is 2.37 bits per heavy atom. The fourth-order valence-electron chi connectivity index (χ4n) is 3.04. The number of nitrogens with one attached hydrogen (secondary N) is 1. The van der Waals surface area contributed by atoms with Gasteiger partial charge in [0, 0.05) is 23.7 Å². The molecule has 6 heteroatoms. The zero-order chi connectivity index (χ0) is 19.1. The summed E-state index contributed by atoms with van der Waals surface area (Å²) in [5.74, 6) is -0.316. The van der Waals surface area contributed by atoms with Crippen molar-refractivity contribution in [2.75, 3.05) is 24.7 Å². The zero-order valence-corrected chi connectivity index (χ0v) is 16.2. The van der Waals surface area contributed by atoms with Gasteiger partial charge in [-0.05, 0) is 48.9 Å². The molecule has 142 valence electrons. The largest absolute Gasteiger partial charge is 0.461 e. The number of ether oxygens (including phenoxy) is 1. The highest BCUT2D eigenvalue weighted by Gasteiger charge is 2.28. The molecular formula is C21H24N2O3S. The number of piperidine rings is 1. The van der Waals surface area contributed by atoms with Gasteiger partial charge in [0.1, 0.15) is 6.61 Å². The highest BCUT2D eigenvalue weighted by atomic mass is 32.2. The number of hydrogen-bond acceptors (Lipinski definition) is 4. The lowest BCUT2D eigenvalue weighted by Gasteiger charge is -2.31. The third-order valence-electron chi connectivity index (χ3n) is 4.68. The van der Waals surface area contributed by atoms with Gasteiger partial charge in [-0.25, -0.2) is 4.79 Å². The monoisotopic (exact) mass is 384 g/mol. The summed E-state index contributed by atoms with van der Waals surface area (Å²) in [6.07, 6.45) is 3.29. The van der Waals surface area contributed by atoms with E-state index in [1.54, 1.807) is 16.7 Å². The van der Waals surface area contributed by atoms with Crippen molar-refractivity contribution in [1.29, 1.82) is 0 Å². The molecule has 0 bridgehead atoms. The first kappa shape index (κ1) is 19.3. The average Bonchev–Trinajstić information content (AvgIpc) is 2.73. The molecule has 2 amide bonds. The number of carbonyl (C=O) groups is 2. The fourth-order valence-corrected chi connectivity index (χ4v) is 3.44. The Morgan fingerprint density at radius 2 is 1.74 bits per heavy atom. The summed E-state index contributed by atoms with van der Waals surface area (Å²) in [6.45, 7) is 1.41. The minimum absolute atomic E-state index is 0.123. The van der Waals surface area contributed by atoms with Crippen LogP contribution in [0.25, 0.3) is 0 Å².